The first-order valence-corrected chi connectivity index (χ1v) is 7.57. The molecule has 7 nitrogen and oxygen atoms in total. The molecule has 0 saturated carbocycles. The lowest BCUT2D eigenvalue weighted by atomic mass is 10.3. The van der Waals surface area contributed by atoms with Crippen LogP contribution in [0.2, 0.25) is 0 Å². The van der Waals surface area contributed by atoms with E-state index in [0.29, 0.717) is 12.2 Å². The number of rotatable bonds is 4. The Labute approximate surface area is 122 Å². The molecule has 1 aromatic carbocycles. The highest BCUT2D eigenvalue weighted by molar-refractivity contribution is 7.89. The molecule has 0 radical (unpaired) electrons. The lowest BCUT2D eigenvalue weighted by molar-refractivity contribution is 0.251. The third-order valence-electron chi connectivity index (χ3n) is 2.60. The van der Waals surface area contributed by atoms with Crippen molar-refractivity contribution in [2.45, 2.75) is 11.4 Å². The molecule has 2 amide bonds. The second-order valence-electron chi connectivity index (χ2n) is 4.20. The van der Waals surface area contributed by atoms with E-state index in [4.69, 9.17) is 5.14 Å². The molecule has 0 spiro atoms. The molecule has 0 fully saturated rings. The van der Waals surface area contributed by atoms with Gasteiger partial charge in [-0.1, -0.05) is 6.07 Å². The van der Waals surface area contributed by atoms with E-state index in [0.717, 1.165) is 5.69 Å². The number of amides is 2. The van der Waals surface area contributed by atoms with E-state index in [-0.39, 0.29) is 4.90 Å². The van der Waals surface area contributed by atoms with Gasteiger partial charge in [-0.15, -0.1) is 0 Å². The molecule has 0 unspecified atom stereocenters. The van der Waals surface area contributed by atoms with Gasteiger partial charge in [0.05, 0.1) is 17.1 Å². The van der Waals surface area contributed by atoms with Crippen LogP contribution < -0.4 is 15.8 Å². The Morgan fingerprint density at radius 2 is 1.86 bits per heavy atom. The first-order chi connectivity index (χ1) is 9.95. The van der Waals surface area contributed by atoms with E-state index in [1.807, 2.05) is 6.07 Å². The number of urea groups is 1. The van der Waals surface area contributed by atoms with Crippen molar-refractivity contribution < 1.29 is 13.2 Å². The number of primary sulfonamides is 1. The zero-order valence-electron chi connectivity index (χ0n) is 11.0. The van der Waals surface area contributed by atoms with Crippen LogP contribution in [0.4, 0.5) is 10.5 Å². The zero-order chi connectivity index (χ0) is 15.3. The Morgan fingerprint density at radius 3 is 2.43 bits per heavy atom. The van der Waals surface area contributed by atoms with E-state index in [1.165, 1.54) is 24.3 Å². The molecule has 2 aromatic rings. The summed E-state index contributed by atoms with van der Waals surface area (Å²) in [5, 5.41) is 10.2. The summed E-state index contributed by atoms with van der Waals surface area (Å²) < 4.78 is 22.2. The normalized spacial score (nSPS) is 10.9. The summed E-state index contributed by atoms with van der Waals surface area (Å²) in [5.74, 6) is 0. The van der Waals surface area contributed by atoms with Gasteiger partial charge in [-0.05, 0) is 36.4 Å². The SMILES string of the molecule is NS(=O)(=O)c1ccc(NC(=O)NCc2ccccn2)cc1. The number of hydrogen-bond donors (Lipinski definition) is 3. The van der Waals surface area contributed by atoms with E-state index < -0.39 is 16.1 Å². The largest absolute Gasteiger partial charge is 0.332 e. The number of benzene rings is 1. The summed E-state index contributed by atoms with van der Waals surface area (Å²) in [7, 11) is -3.73. The van der Waals surface area contributed by atoms with Crippen molar-refractivity contribution in [1.29, 1.82) is 0 Å². The molecule has 1 aromatic heterocycles. The van der Waals surface area contributed by atoms with Crippen molar-refractivity contribution in [3.8, 4) is 0 Å². The van der Waals surface area contributed by atoms with Crippen molar-refractivity contribution in [2.75, 3.05) is 5.32 Å². The van der Waals surface area contributed by atoms with E-state index in [9.17, 15) is 13.2 Å². The molecule has 0 bridgehead atoms. The fourth-order valence-corrected chi connectivity index (χ4v) is 2.09. The number of aromatic nitrogens is 1. The number of hydrogen-bond acceptors (Lipinski definition) is 4. The average Bonchev–Trinajstić information content (AvgIpc) is 2.46. The maximum Gasteiger partial charge on any atom is 0.319 e. The van der Waals surface area contributed by atoms with Gasteiger partial charge in [0.1, 0.15) is 0 Å². The Morgan fingerprint density at radius 1 is 1.14 bits per heavy atom. The summed E-state index contributed by atoms with van der Waals surface area (Å²) in [4.78, 5) is 15.7. The lowest BCUT2D eigenvalue weighted by Gasteiger charge is -2.07. The molecule has 0 saturated heterocycles. The van der Waals surface area contributed by atoms with E-state index in [1.54, 1.807) is 18.3 Å². The van der Waals surface area contributed by atoms with Crippen LogP contribution in [0.3, 0.4) is 0 Å². The first kappa shape index (κ1) is 14.9. The van der Waals surface area contributed by atoms with Crippen molar-refractivity contribution in [3.63, 3.8) is 0 Å². The minimum atomic E-state index is -3.73. The van der Waals surface area contributed by atoms with Crippen LogP contribution >= 0.6 is 0 Å². The van der Waals surface area contributed by atoms with Crippen LogP contribution in [0.15, 0.2) is 53.6 Å². The van der Waals surface area contributed by atoms with Crippen LogP contribution in [-0.2, 0) is 16.6 Å². The Kier molecular flexibility index (Phi) is 4.51. The number of anilines is 1. The predicted octanol–water partition coefficient (Wildman–Crippen LogP) is 1.05. The topological polar surface area (TPSA) is 114 Å². The fraction of sp³-hybridized carbons (Fsp3) is 0.0769. The zero-order valence-corrected chi connectivity index (χ0v) is 11.8. The number of carbonyl (C=O) groups excluding carboxylic acids is 1. The molecule has 0 aliphatic rings. The maximum absolute atomic E-state index is 11.7. The Balaban J connectivity index is 1.91. The minimum Gasteiger partial charge on any atom is -0.332 e. The molecular weight excluding hydrogens is 292 g/mol. The van der Waals surface area contributed by atoms with Crippen LogP contribution in [0, 0.1) is 0 Å². The summed E-state index contributed by atoms with van der Waals surface area (Å²) in [6, 6.07) is 10.6. The van der Waals surface area contributed by atoms with Crippen LogP contribution in [0.25, 0.3) is 0 Å². The number of sulfonamides is 1. The molecule has 110 valence electrons. The molecule has 1 heterocycles. The van der Waals surface area contributed by atoms with Gasteiger partial charge in [0, 0.05) is 11.9 Å². The highest BCUT2D eigenvalue weighted by Crippen LogP contribution is 2.12. The molecular formula is C13H14N4O3S. The highest BCUT2D eigenvalue weighted by Gasteiger charge is 2.07. The van der Waals surface area contributed by atoms with Gasteiger partial charge in [0.25, 0.3) is 0 Å². The Bertz CT molecular complexity index is 715. The average molecular weight is 306 g/mol. The van der Waals surface area contributed by atoms with E-state index >= 15 is 0 Å². The van der Waals surface area contributed by atoms with Crippen molar-refractivity contribution in [2.24, 2.45) is 5.14 Å². The number of nitrogens with two attached hydrogens (primary N) is 1. The first-order valence-electron chi connectivity index (χ1n) is 6.03. The second-order valence-corrected chi connectivity index (χ2v) is 5.76. The second kappa shape index (κ2) is 6.33. The lowest BCUT2D eigenvalue weighted by Crippen LogP contribution is -2.28. The van der Waals surface area contributed by atoms with Gasteiger partial charge in [0.15, 0.2) is 0 Å². The molecule has 4 N–H and O–H groups in total. The number of nitrogens with zero attached hydrogens (tertiary/aromatic N) is 1. The summed E-state index contributed by atoms with van der Waals surface area (Å²) in [6.07, 6.45) is 1.64. The van der Waals surface area contributed by atoms with Crippen LogP contribution in [-0.4, -0.2) is 19.4 Å². The molecule has 2 rings (SSSR count). The van der Waals surface area contributed by atoms with Gasteiger partial charge in [-0.25, -0.2) is 18.4 Å². The number of nitrogens with one attached hydrogen (secondary N) is 2. The van der Waals surface area contributed by atoms with Crippen LogP contribution in [0.1, 0.15) is 5.69 Å². The minimum absolute atomic E-state index is 0.0121. The molecule has 8 heteroatoms. The Hall–Kier alpha value is -2.45. The molecule has 0 aliphatic heterocycles. The maximum atomic E-state index is 11.7. The van der Waals surface area contributed by atoms with Crippen molar-refractivity contribution in [1.82, 2.24) is 10.3 Å². The molecule has 0 aliphatic carbocycles. The van der Waals surface area contributed by atoms with Gasteiger partial charge in [-0.3, -0.25) is 4.98 Å². The third-order valence-corrected chi connectivity index (χ3v) is 3.53. The summed E-state index contributed by atoms with van der Waals surface area (Å²) in [5.41, 5.74) is 1.19. The molecule has 21 heavy (non-hydrogen) atoms. The monoisotopic (exact) mass is 306 g/mol. The van der Waals surface area contributed by atoms with Crippen LogP contribution in [0.5, 0.6) is 0 Å². The van der Waals surface area contributed by atoms with E-state index in [2.05, 4.69) is 15.6 Å². The number of pyridine rings is 1. The van der Waals surface area contributed by atoms with Gasteiger partial charge in [-0.2, -0.15) is 0 Å². The van der Waals surface area contributed by atoms with Crippen molar-refractivity contribution in [3.05, 3.63) is 54.4 Å². The summed E-state index contributed by atoms with van der Waals surface area (Å²) in [6.45, 7) is 0.294. The van der Waals surface area contributed by atoms with Gasteiger partial charge in [0.2, 0.25) is 10.0 Å². The van der Waals surface area contributed by atoms with Gasteiger partial charge >= 0.3 is 6.03 Å². The third kappa shape index (κ3) is 4.55. The quantitative estimate of drug-likeness (QED) is 0.783. The fourth-order valence-electron chi connectivity index (χ4n) is 1.58. The van der Waals surface area contributed by atoms with Crippen molar-refractivity contribution >= 4 is 21.7 Å². The highest BCUT2D eigenvalue weighted by atomic mass is 32.2. The number of carbonyl (C=O) groups is 1. The predicted molar refractivity (Wildman–Crippen MR) is 77.9 cm³/mol. The van der Waals surface area contributed by atoms with Gasteiger partial charge < -0.3 is 10.6 Å². The smallest absolute Gasteiger partial charge is 0.319 e. The summed E-state index contributed by atoms with van der Waals surface area (Å²) >= 11 is 0. The molecule has 0 atom stereocenters. The standard InChI is InChI=1S/C13H14N4O3S/c14-21(19,20)12-6-4-10(5-7-12)17-13(18)16-9-11-3-1-2-8-15-11/h1-8H,9H2,(H2,14,19,20)(H2,16,17,18).